The summed E-state index contributed by atoms with van der Waals surface area (Å²) < 4.78 is 11.7. The van der Waals surface area contributed by atoms with Crippen LogP contribution in [0.3, 0.4) is 0 Å². The van der Waals surface area contributed by atoms with Crippen molar-refractivity contribution >= 4 is 63.3 Å². The van der Waals surface area contributed by atoms with Gasteiger partial charge in [-0.15, -0.1) is 0 Å². The van der Waals surface area contributed by atoms with Crippen LogP contribution in [0.4, 0.5) is 17.1 Å². The lowest BCUT2D eigenvalue weighted by Gasteiger charge is -2.50. The van der Waals surface area contributed by atoms with Crippen molar-refractivity contribution in [3.63, 3.8) is 0 Å². The Labute approximate surface area is 338 Å². The number of methoxy groups -OCH3 is 1. The summed E-state index contributed by atoms with van der Waals surface area (Å²) in [5.74, 6) is -4.71. The van der Waals surface area contributed by atoms with Crippen LogP contribution in [0.25, 0.3) is 0 Å². The molecule has 9 rings (SSSR count). The van der Waals surface area contributed by atoms with E-state index in [1.165, 1.54) is 12.0 Å². The number of anilines is 3. The number of carbonyl (C=O) groups is 4. The Morgan fingerprint density at radius 1 is 0.857 bits per heavy atom. The van der Waals surface area contributed by atoms with Gasteiger partial charge in [0.2, 0.25) is 11.8 Å². The van der Waals surface area contributed by atoms with Crippen LogP contribution in [0.5, 0.6) is 11.5 Å². The molecule has 286 valence electrons. The molecule has 2 aliphatic carbocycles. The van der Waals surface area contributed by atoms with E-state index in [9.17, 15) is 19.5 Å². The van der Waals surface area contributed by atoms with Crippen LogP contribution >= 0.6 is 22.6 Å². The Morgan fingerprint density at radius 2 is 1.55 bits per heavy atom. The van der Waals surface area contributed by atoms with Crippen LogP contribution in [-0.2, 0) is 29.3 Å². The highest BCUT2D eigenvalue weighted by Gasteiger charge is 2.70. The fourth-order valence-corrected chi connectivity index (χ4v) is 10.6. The van der Waals surface area contributed by atoms with Gasteiger partial charge in [-0.1, -0.05) is 59.7 Å². The second-order valence-corrected chi connectivity index (χ2v) is 16.4. The van der Waals surface area contributed by atoms with E-state index in [0.29, 0.717) is 45.7 Å². The van der Waals surface area contributed by atoms with Gasteiger partial charge in [0.25, 0.3) is 11.8 Å². The number of hydrogen-bond donors (Lipinski definition) is 2. The molecule has 0 bridgehead atoms. The van der Waals surface area contributed by atoms with Crippen LogP contribution in [0, 0.1) is 34.2 Å². The monoisotopic (exact) mass is 864 g/mol. The number of phenolic OH excluding ortho intramolecular Hbond substituents is 1. The lowest BCUT2D eigenvalue weighted by Crippen LogP contribution is -2.53. The number of hydrogen-bond acceptors (Lipinski definition) is 9. The number of morpholine rings is 1. The van der Waals surface area contributed by atoms with E-state index in [0.717, 1.165) is 34.9 Å². The van der Waals surface area contributed by atoms with Crippen molar-refractivity contribution in [3.8, 4) is 11.5 Å². The Kier molecular flexibility index (Phi) is 9.15. The van der Waals surface area contributed by atoms with Crippen molar-refractivity contribution in [3.05, 3.63) is 123 Å². The SMILES string of the molecule is COc1cc(C2C3=CCC4C(=O)N(c5ccc(N6CCOCC6)cc5)C(=O)C4C3CC3C(=O)N(Nc4ccc(C)cc4)C(=O)C32c2ccccc2)cc(I)c1O. The average molecular weight is 865 g/mol. The van der Waals surface area contributed by atoms with Gasteiger partial charge in [0.05, 0.1) is 58.4 Å². The first kappa shape index (κ1) is 36.4. The van der Waals surface area contributed by atoms with Crippen molar-refractivity contribution < 1.29 is 33.8 Å². The molecule has 6 unspecified atom stereocenters. The van der Waals surface area contributed by atoms with Gasteiger partial charge in [-0.05, 0) is 108 Å². The predicted octanol–water partition coefficient (Wildman–Crippen LogP) is 6.34. The van der Waals surface area contributed by atoms with Crippen molar-refractivity contribution in [1.82, 2.24) is 5.01 Å². The number of ether oxygens (including phenoxy) is 2. The van der Waals surface area contributed by atoms with E-state index in [-0.39, 0.29) is 29.7 Å². The molecule has 56 heavy (non-hydrogen) atoms. The highest BCUT2D eigenvalue weighted by molar-refractivity contribution is 14.1. The number of halogens is 1. The predicted molar refractivity (Wildman–Crippen MR) is 218 cm³/mol. The zero-order valence-corrected chi connectivity index (χ0v) is 33.1. The fraction of sp³-hybridized carbons (Fsp3) is 0.318. The summed E-state index contributed by atoms with van der Waals surface area (Å²) in [6.07, 6.45) is 2.52. The zero-order chi connectivity index (χ0) is 38.9. The molecule has 3 saturated heterocycles. The topological polar surface area (TPSA) is 129 Å². The highest BCUT2D eigenvalue weighted by Crippen LogP contribution is 2.64. The van der Waals surface area contributed by atoms with Crippen LogP contribution in [0.15, 0.2) is 103 Å². The number of aryl methyl sites for hydroxylation is 1. The minimum absolute atomic E-state index is 0.0319. The number of phenols is 1. The Balaban J connectivity index is 1.18. The maximum Gasteiger partial charge on any atom is 0.260 e. The van der Waals surface area contributed by atoms with E-state index >= 15 is 4.79 Å². The van der Waals surface area contributed by atoms with Crippen molar-refractivity contribution in [2.45, 2.75) is 31.1 Å². The van der Waals surface area contributed by atoms with Crippen LogP contribution in [-0.4, -0.2) is 67.2 Å². The fourth-order valence-electron chi connectivity index (χ4n) is 9.93. The molecule has 1 saturated carbocycles. The molecule has 11 nitrogen and oxygen atoms in total. The van der Waals surface area contributed by atoms with E-state index in [1.807, 2.05) is 97.9 Å². The number of nitrogens with one attached hydrogen (secondary N) is 1. The molecule has 0 radical (unpaired) electrons. The lowest BCUT2D eigenvalue weighted by molar-refractivity contribution is -0.138. The molecule has 2 N–H and O–H groups in total. The summed E-state index contributed by atoms with van der Waals surface area (Å²) in [5.41, 5.74) is 7.00. The molecule has 5 aliphatic rings. The van der Waals surface area contributed by atoms with Crippen molar-refractivity contribution in [1.29, 1.82) is 0 Å². The molecule has 4 amide bonds. The number of hydrazine groups is 1. The summed E-state index contributed by atoms with van der Waals surface area (Å²) in [5, 5.41) is 12.1. The number of aromatic hydroxyl groups is 1. The van der Waals surface area contributed by atoms with Crippen molar-refractivity contribution in [2.24, 2.45) is 23.7 Å². The van der Waals surface area contributed by atoms with Gasteiger partial charge in [0.1, 0.15) is 0 Å². The third kappa shape index (κ3) is 5.54. The molecule has 0 aromatic heterocycles. The molecule has 4 aromatic rings. The first-order chi connectivity index (χ1) is 27.1. The molecular formula is C44H41IN4O7. The van der Waals surface area contributed by atoms with Crippen molar-refractivity contribution in [2.75, 3.05) is 48.6 Å². The zero-order valence-electron chi connectivity index (χ0n) is 31.0. The standard InChI is InChI=1S/C44H41IN4O7/c1-25-8-10-28(11-9-25)46-49-41(52)34-24-33-31(38(26-22-35(45)39(50)36(23-26)55-2)44(34,43(49)54)27-6-4-3-5-7-27)16-17-32-37(33)42(53)48(40(32)51)30-14-12-29(13-15-30)47-18-20-56-21-19-47/h3-16,22-23,32-34,37-38,46,50H,17-21,24H2,1-2H3. The number of nitrogens with zero attached hydrogens (tertiary/aromatic N) is 3. The Hall–Kier alpha value is -5.21. The maximum atomic E-state index is 15.4. The summed E-state index contributed by atoms with van der Waals surface area (Å²) in [6.45, 7) is 4.77. The number of carbonyl (C=O) groups excluding carboxylic acids is 4. The van der Waals surface area contributed by atoms with Crippen LogP contribution in [0.1, 0.15) is 35.4 Å². The number of benzene rings is 4. The highest BCUT2D eigenvalue weighted by atomic mass is 127. The van der Waals surface area contributed by atoms with Gasteiger partial charge in [-0.2, -0.15) is 5.01 Å². The van der Waals surface area contributed by atoms with Gasteiger partial charge < -0.3 is 19.5 Å². The smallest absolute Gasteiger partial charge is 0.260 e. The quantitative estimate of drug-likeness (QED) is 0.124. The van der Waals surface area contributed by atoms with Crippen LogP contribution in [0.2, 0.25) is 0 Å². The third-order valence-corrected chi connectivity index (χ3v) is 13.3. The molecule has 3 heterocycles. The largest absolute Gasteiger partial charge is 0.504 e. The first-order valence-corrected chi connectivity index (χ1v) is 20.1. The number of fused-ring (bicyclic) bond motifs is 4. The van der Waals surface area contributed by atoms with Gasteiger partial charge in [-0.3, -0.25) is 29.5 Å². The summed E-state index contributed by atoms with van der Waals surface area (Å²) in [7, 11) is 1.47. The molecule has 12 heteroatoms. The Morgan fingerprint density at radius 3 is 2.25 bits per heavy atom. The van der Waals surface area contributed by atoms with Crippen LogP contribution < -0.4 is 20.0 Å². The first-order valence-electron chi connectivity index (χ1n) is 19.0. The van der Waals surface area contributed by atoms with Gasteiger partial charge >= 0.3 is 0 Å². The van der Waals surface area contributed by atoms with Gasteiger partial charge in [0.15, 0.2) is 11.5 Å². The molecule has 3 aliphatic heterocycles. The number of imide groups is 2. The van der Waals surface area contributed by atoms with E-state index in [1.54, 1.807) is 6.07 Å². The molecule has 4 aromatic carbocycles. The minimum Gasteiger partial charge on any atom is -0.504 e. The minimum atomic E-state index is -1.43. The second kappa shape index (κ2) is 14.1. The molecule has 4 fully saturated rings. The van der Waals surface area contributed by atoms with Gasteiger partial charge in [-0.25, -0.2) is 0 Å². The normalized spacial score (nSPS) is 27.2. The number of amides is 4. The number of allylic oxidation sites excluding steroid dienone is 2. The average Bonchev–Trinajstić information content (AvgIpc) is 3.61. The van der Waals surface area contributed by atoms with Gasteiger partial charge in [0, 0.05) is 24.7 Å². The number of rotatable bonds is 7. The summed E-state index contributed by atoms with van der Waals surface area (Å²) >= 11 is 2.05. The van der Waals surface area contributed by atoms with E-state index < -0.39 is 46.8 Å². The third-order valence-electron chi connectivity index (χ3n) is 12.5. The maximum absolute atomic E-state index is 15.4. The molecule has 0 spiro atoms. The Bertz CT molecular complexity index is 2270. The summed E-state index contributed by atoms with van der Waals surface area (Å²) in [6, 6.07) is 28.0. The lowest BCUT2D eigenvalue weighted by atomic mass is 9.49. The summed E-state index contributed by atoms with van der Waals surface area (Å²) in [4.78, 5) is 63.0. The molecular weight excluding hydrogens is 823 g/mol. The molecule has 6 atom stereocenters. The van der Waals surface area contributed by atoms with E-state index in [2.05, 4.69) is 32.9 Å². The second-order valence-electron chi connectivity index (χ2n) is 15.3. The van der Waals surface area contributed by atoms with E-state index in [4.69, 9.17) is 9.47 Å².